The zero-order chi connectivity index (χ0) is 20.0. The third-order valence-corrected chi connectivity index (χ3v) is 5.77. The molecule has 150 valence electrons. The molecule has 2 amide bonds. The van der Waals surface area contributed by atoms with E-state index in [0.717, 1.165) is 25.5 Å². The molecule has 0 saturated carbocycles. The van der Waals surface area contributed by atoms with Crippen LogP contribution in [0.15, 0.2) is 0 Å². The van der Waals surface area contributed by atoms with Crippen LogP contribution >= 0.6 is 0 Å². The lowest BCUT2D eigenvalue weighted by Gasteiger charge is -2.38. The number of rotatable bonds is 12. The Morgan fingerprint density at radius 3 is 2.23 bits per heavy atom. The average Bonchev–Trinajstić information content (AvgIpc) is 2.85. The Bertz CT molecular complexity index is 496. The maximum absolute atomic E-state index is 13.1. The molecule has 0 radical (unpaired) electrons. The summed E-state index contributed by atoms with van der Waals surface area (Å²) in [5.41, 5.74) is -1.18. The highest BCUT2D eigenvalue weighted by molar-refractivity contribution is 6.04. The SMILES string of the molecule is CCCCCCCC(CC)C1CC(=O)N(C(C)(C)CC(C)(C)C=O)C1=O. The molecule has 1 aliphatic rings. The summed E-state index contributed by atoms with van der Waals surface area (Å²) in [6.45, 7) is 11.9. The Labute approximate surface area is 160 Å². The summed E-state index contributed by atoms with van der Waals surface area (Å²) in [7, 11) is 0. The standard InChI is InChI=1S/C22H39NO3/c1-7-9-10-11-12-13-17(8-2)18-14-19(25)23(20(18)26)22(5,6)15-21(3,4)16-24/h16-18H,7-15H2,1-6H3. The van der Waals surface area contributed by atoms with Crippen LogP contribution in [-0.2, 0) is 14.4 Å². The number of hydrogen-bond donors (Lipinski definition) is 0. The van der Waals surface area contributed by atoms with Crippen molar-refractivity contribution < 1.29 is 14.4 Å². The summed E-state index contributed by atoms with van der Waals surface area (Å²) in [6, 6.07) is 0. The molecule has 0 aromatic heterocycles. The lowest BCUT2D eigenvalue weighted by molar-refractivity contribution is -0.147. The molecule has 0 spiro atoms. The van der Waals surface area contributed by atoms with E-state index in [9.17, 15) is 14.4 Å². The highest BCUT2D eigenvalue weighted by Gasteiger charge is 2.49. The number of unbranched alkanes of at least 4 members (excludes halogenated alkanes) is 4. The lowest BCUT2D eigenvalue weighted by Crippen LogP contribution is -2.50. The minimum atomic E-state index is -0.632. The normalized spacial score (nSPS) is 19.9. The smallest absolute Gasteiger partial charge is 0.233 e. The molecular weight excluding hydrogens is 326 g/mol. The van der Waals surface area contributed by atoms with E-state index in [0.29, 0.717) is 12.8 Å². The fourth-order valence-corrected chi connectivity index (χ4v) is 4.60. The van der Waals surface area contributed by atoms with Gasteiger partial charge >= 0.3 is 0 Å². The summed E-state index contributed by atoms with van der Waals surface area (Å²) in [4.78, 5) is 38.5. The van der Waals surface area contributed by atoms with Crippen LogP contribution in [-0.4, -0.2) is 28.5 Å². The van der Waals surface area contributed by atoms with Crippen molar-refractivity contribution in [3.05, 3.63) is 0 Å². The summed E-state index contributed by atoms with van der Waals surface area (Å²) in [5.74, 6) is 0.00323. The van der Waals surface area contributed by atoms with Gasteiger partial charge in [-0.15, -0.1) is 0 Å². The van der Waals surface area contributed by atoms with Gasteiger partial charge in [-0.2, -0.15) is 0 Å². The van der Waals surface area contributed by atoms with Gasteiger partial charge in [0.25, 0.3) is 0 Å². The third kappa shape index (κ3) is 5.92. The number of carbonyl (C=O) groups is 3. The van der Waals surface area contributed by atoms with Crippen LogP contribution in [0.2, 0.25) is 0 Å². The van der Waals surface area contributed by atoms with Gasteiger partial charge in [0.05, 0.1) is 5.92 Å². The zero-order valence-corrected chi connectivity index (χ0v) is 17.8. The molecule has 1 heterocycles. The quantitative estimate of drug-likeness (QED) is 0.273. The van der Waals surface area contributed by atoms with Crippen molar-refractivity contribution in [3.63, 3.8) is 0 Å². The van der Waals surface area contributed by atoms with Crippen LogP contribution < -0.4 is 0 Å². The molecule has 2 unspecified atom stereocenters. The Morgan fingerprint density at radius 1 is 1.08 bits per heavy atom. The summed E-state index contributed by atoms with van der Waals surface area (Å²) in [5, 5.41) is 0. The number of carbonyl (C=O) groups excluding carboxylic acids is 3. The predicted octanol–water partition coefficient (Wildman–Crippen LogP) is 5.14. The molecule has 0 N–H and O–H groups in total. The van der Waals surface area contributed by atoms with E-state index < -0.39 is 11.0 Å². The fraction of sp³-hybridized carbons (Fsp3) is 0.864. The molecule has 1 saturated heterocycles. The summed E-state index contributed by atoms with van der Waals surface area (Å²) in [6.07, 6.45) is 9.80. The van der Waals surface area contributed by atoms with E-state index in [1.165, 1.54) is 30.6 Å². The van der Waals surface area contributed by atoms with Gasteiger partial charge in [-0.05, 0) is 32.6 Å². The molecule has 0 aromatic rings. The maximum atomic E-state index is 13.1. The maximum Gasteiger partial charge on any atom is 0.233 e. The second kappa shape index (κ2) is 9.66. The Morgan fingerprint density at radius 2 is 1.69 bits per heavy atom. The topological polar surface area (TPSA) is 54.5 Å². The molecule has 4 nitrogen and oxygen atoms in total. The second-order valence-corrected chi connectivity index (χ2v) is 9.34. The van der Waals surface area contributed by atoms with Gasteiger partial charge in [0.1, 0.15) is 6.29 Å². The number of amides is 2. The van der Waals surface area contributed by atoms with Crippen LogP contribution in [0.3, 0.4) is 0 Å². The first-order valence-electron chi connectivity index (χ1n) is 10.4. The first kappa shape index (κ1) is 22.9. The number of likely N-dealkylation sites (tertiary alicyclic amines) is 1. The molecule has 0 aliphatic carbocycles. The molecule has 26 heavy (non-hydrogen) atoms. The van der Waals surface area contributed by atoms with Gasteiger partial charge in [-0.25, -0.2) is 0 Å². The van der Waals surface area contributed by atoms with Gasteiger partial charge in [-0.1, -0.05) is 66.2 Å². The molecule has 1 rings (SSSR count). The van der Waals surface area contributed by atoms with E-state index in [4.69, 9.17) is 0 Å². The van der Waals surface area contributed by atoms with Crippen molar-refractivity contribution in [1.29, 1.82) is 0 Å². The second-order valence-electron chi connectivity index (χ2n) is 9.34. The van der Waals surface area contributed by atoms with Crippen molar-refractivity contribution >= 4 is 18.1 Å². The van der Waals surface area contributed by atoms with E-state index in [-0.39, 0.29) is 23.7 Å². The molecule has 2 atom stereocenters. The van der Waals surface area contributed by atoms with Gasteiger partial charge < -0.3 is 4.79 Å². The lowest BCUT2D eigenvalue weighted by atomic mass is 9.80. The summed E-state index contributed by atoms with van der Waals surface area (Å²) < 4.78 is 0. The molecule has 4 heteroatoms. The molecule has 1 aliphatic heterocycles. The van der Waals surface area contributed by atoms with Gasteiger partial charge in [0.15, 0.2) is 0 Å². The van der Waals surface area contributed by atoms with Crippen LogP contribution in [0.1, 0.15) is 99.3 Å². The Hall–Kier alpha value is -1.19. The predicted molar refractivity (Wildman–Crippen MR) is 106 cm³/mol. The number of hydrogen-bond acceptors (Lipinski definition) is 3. The highest BCUT2D eigenvalue weighted by Crippen LogP contribution is 2.39. The largest absolute Gasteiger partial charge is 0.303 e. The molecular formula is C22H39NO3. The van der Waals surface area contributed by atoms with Crippen LogP contribution in [0.4, 0.5) is 0 Å². The van der Waals surface area contributed by atoms with E-state index in [2.05, 4.69) is 13.8 Å². The molecule has 0 bridgehead atoms. The van der Waals surface area contributed by atoms with Crippen molar-refractivity contribution in [2.24, 2.45) is 17.3 Å². The number of aldehydes is 1. The van der Waals surface area contributed by atoms with Crippen molar-refractivity contribution in [2.75, 3.05) is 0 Å². The van der Waals surface area contributed by atoms with E-state index >= 15 is 0 Å². The van der Waals surface area contributed by atoms with Crippen LogP contribution in [0, 0.1) is 17.3 Å². The van der Waals surface area contributed by atoms with Crippen molar-refractivity contribution in [1.82, 2.24) is 4.90 Å². The first-order chi connectivity index (χ1) is 12.1. The number of imide groups is 1. The van der Waals surface area contributed by atoms with Gasteiger partial charge in [0, 0.05) is 17.4 Å². The van der Waals surface area contributed by atoms with Crippen LogP contribution in [0.25, 0.3) is 0 Å². The number of nitrogens with zero attached hydrogens (tertiary/aromatic N) is 1. The Balaban J connectivity index is 2.78. The van der Waals surface area contributed by atoms with Crippen molar-refractivity contribution in [2.45, 2.75) is 105 Å². The first-order valence-corrected chi connectivity index (χ1v) is 10.4. The minimum Gasteiger partial charge on any atom is -0.303 e. The van der Waals surface area contributed by atoms with Gasteiger partial charge in [0.2, 0.25) is 11.8 Å². The molecule has 0 aromatic carbocycles. The van der Waals surface area contributed by atoms with E-state index in [1.54, 1.807) is 0 Å². The highest BCUT2D eigenvalue weighted by atomic mass is 16.2. The van der Waals surface area contributed by atoms with Crippen molar-refractivity contribution in [3.8, 4) is 0 Å². The zero-order valence-electron chi connectivity index (χ0n) is 17.8. The van der Waals surface area contributed by atoms with Crippen LogP contribution in [0.5, 0.6) is 0 Å². The third-order valence-electron chi connectivity index (χ3n) is 5.77. The average molecular weight is 366 g/mol. The monoisotopic (exact) mass is 365 g/mol. The Kier molecular flexibility index (Phi) is 8.49. The fourth-order valence-electron chi connectivity index (χ4n) is 4.60. The van der Waals surface area contributed by atoms with E-state index in [1.807, 2.05) is 27.7 Å². The van der Waals surface area contributed by atoms with Gasteiger partial charge in [-0.3, -0.25) is 14.5 Å². The minimum absolute atomic E-state index is 0.0258. The summed E-state index contributed by atoms with van der Waals surface area (Å²) >= 11 is 0. The molecule has 1 fully saturated rings.